The van der Waals surface area contributed by atoms with Crippen LogP contribution in [0.15, 0.2) is 29.2 Å². The lowest BCUT2D eigenvalue weighted by molar-refractivity contribution is -0.123. The number of ether oxygens (including phenoxy) is 3. The third-order valence-electron chi connectivity index (χ3n) is 6.31. The molecule has 0 aromatic heterocycles. The van der Waals surface area contributed by atoms with Crippen LogP contribution in [0.25, 0.3) is 0 Å². The molecule has 2 heterocycles. The number of carbonyl (C=O) groups excluding carboxylic acids is 2. The Hall–Kier alpha value is -3.02. The topological polar surface area (TPSA) is 123 Å². The van der Waals surface area contributed by atoms with E-state index < -0.39 is 22.0 Å². The van der Waals surface area contributed by atoms with Crippen LogP contribution in [0.5, 0.6) is 17.2 Å². The normalized spacial score (nSPS) is 20.1. The maximum atomic E-state index is 13.6. The average molecular weight is 538 g/mol. The highest BCUT2D eigenvalue weighted by atomic mass is 35.5. The van der Waals surface area contributed by atoms with Gasteiger partial charge in [0.1, 0.15) is 17.2 Å². The molecular formula is C24H28ClN3O7S. The van der Waals surface area contributed by atoms with Crippen LogP contribution in [0.2, 0.25) is 5.02 Å². The molecule has 2 amide bonds. The van der Waals surface area contributed by atoms with Crippen molar-refractivity contribution in [3.8, 4) is 17.2 Å². The number of hydrogen-bond acceptors (Lipinski definition) is 7. The number of piperidine rings is 1. The third kappa shape index (κ3) is 4.95. The molecule has 10 nitrogen and oxygen atoms in total. The lowest BCUT2D eigenvalue weighted by atomic mass is 9.98. The summed E-state index contributed by atoms with van der Waals surface area (Å²) >= 11 is 6.21. The molecule has 1 fully saturated rings. The van der Waals surface area contributed by atoms with Gasteiger partial charge in [-0.05, 0) is 44.4 Å². The van der Waals surface area contributed by atoms with Crippen LogP contribution in [-0.4, -0.2) is 58.0 Å². The van der Waals surface area contributed by atoms with Crippen molar-refractivity contribution < 1.29 is 32.2 Å². The molecule has 36 heavy (non-hydrogen) atoms. The Morgan fingerprint density at radius 3 is 2.61 bits per heavy atom. The van der Waals surface area contributed by atoms with Gasteiger partial charge in [0.05, 0.1) is 41.4 Å². The molecule has 0 radical (unpaired) electrons. The molecule has 2 atom stereocenters. The van der Waals surface area contributed by atoms with E-state index in [1.807, 2.05) is 0 Å². The first kappa shape index (κ1) is 26.1. The number of aryl methyl sites for hydroxylation is 1. The van der Waals surface area contributed by atoms with Crippen molar-refractivity contribution in [1.82, 2.24) is 4.31 Å². The van der Waals surface area contributed by atoms with Crippen molar-refractivity contribution in [2.45, 2.75) is 37.7 Å². The van der Waals surface area contributed by atoms with Gasteiger partial charge in [0.15, 0.2) is 6.10 Å². The lowest BCUT2D eigenvalue weighted by Crippen LogP contribution is -2.44. The minimum Gasteiger partial charge on any atom is -0.495 e. The van der Waals surface area contributed by atoms with Crippen molar-refractivity contribution in [2.75, 3.05) is 37.9 Å². The molecule has 0 saturated carbocycles. The van der Waals surface area contributed by atoms with Gasteiger partial charge >= 0.3 is 0 Å². The predicted octanol–water partition coefficient (Wildman–Crippen LogP) is 3.42. The molecule has 2 aliphatic heterocycles. The number of nitrogens with one attached hydrogen (secondary N) is 2. The van der Waals surface area contributed by atoms with E-state index in [0.29, 0.717) is 52.1 Å². The number of nitrogens with zero attached hydrogens (tertiary/aromatic N) is 1. The molecule has 2 aromatic carbocycles. The number of sulfonamides is 1. The van der Waals surface area contributed by atoms with E-state index in [1.165, 1.54) is 30.7 Å². The highest BCUT2D eigenvalue weighted by Gasteiger charge is 2.36. The summed E-state index contributed by atoms with van der Waals surface area (Å²) in [6.45, 7) is 3.55. The van der Waals surface area contributed by atoms with Crippen LogP contribution >= 0.6 is 11.6 Å². The van der Waals surface area contributed by atoms with Gasteiger partial charge in [-0.25, -0.2) is 8.42 Å². The highest BCUT2D eigenvalue weighted by molar-refractivity contribution is 7.89. The van der Waals surface area contributed by atoms with Gasteiger partial charge in [-0.3, -0.25) is 9.59 Å². The molecular weight excluding hydrogens is 510 g/mol. The van der Waals surface area contributed by atoms with Crippen molar-refractivity contribution in [3.05, 3.63) is 34.9 Å². The van der Waals surface area contributed by atoms with Crippen LogP contribution in [0.4, 0.5) is 11.4 Å². The SMILES string of the molecule is COc1cc(OC)c(NC(=O)C2CCCN(S(=O)(=O)c3cc4c(cc3C)NC(=O)C(C)O4)C2)cc1Cl. The Morgan fingerprint density at radius 2 is 1.92 bits per heavy atom. The highest BCUT2D eigenvalue weighted by Crippen LogP contribution is 2.38. The Bertz CT molecular complexity index is 1320. The smallest absolute Gasteiger partial charge is 0.265 e. The second kappa shape index (κ2) is 10.2. The van der Waals surface area contributed by atoms with Crippen LogP contribution < -0.4 is 24.8 Å². The molecule has 0 aliphatic carbocycles. The zero-order chi connectivity index (χ0) is 26.2. The zero-order valence-corrected chi connectivity index (χ0v) is 22.0. The standard InChI is InChI=1S/C24H28ClN3O7S/c1-13-8-17-21(35-14(2)23(29)26-17)11-22(13)36(31,32)28-7-5-6-15(12-28)24(30)27-18-9-16(25)19(33-3)10-20(18)34-4/h8-11,14-15H,5-7,12H2,1-4H3,(H,26,29)(H,27,30). The summed E-state index contributed by atoms with van der Waals surface area (Å²) in [7, 11) is -0.989. The number of rotatable bonds is 6. The van der Waals surface area contributed by atoms with Crippen LogP contribution in [0.3, 0.4) is 0 Å². The largest absolute Gasteiger partial charge is 0.495 e. The fourth-order valence-corrected chi connectivity index (χ4v) is 6.31. The monoisotopic (exact) mass is 537 g/mol. The molecule has 4 rings (SSSR count). The number of halogens is 1. The summed E-state index contributed by atoms with van der Waals surface area (Å²) in [4.78, 5) is 25.1. The lowest BCUT2D eigenvalue weighted by Gasteiger charge is -2.32. The number of anilines is 2. The van der Waals surface area contributed by atoms with E-state index in [2.05, 4.69) is 10.6 Å². The minimum atomic E-state index is -3.93. The number of hydrogen-bond donors (Lipinski definition) is 2. The Morgan fingerprint density at radius 1 is 1.19 bits per heavy atom. The summed E-state index contributed by atoms with van der Waals surface area (Å²) in [5.41, 5.74) is 1.26. The second-order valence-corrected chi connectivity index (χ2v) is 11.1. The van der Waals surface area contributed by atoms with E-state index >= 15 is 0 Å². The van der Waals surface area contributed by atoms with Gasteiger partial charge < -0.3 is 24.8 Å². The summed E-state index contributed by atoms with van der Waals surface area (Å²) in [6, 6.07) is 6.12. The molecule has 2 N–H and O–H groups in total. The van der Waals surface area contributed by atoms with Gasteiger partial charge in [-0.15, -0.1) is 0 Å². The van der Waals surface area contributed by atoms with Gasteiger partial charge in [-0.2, -0.15) is 4.31 Å². The van der Waals surface area contributed by atoms with Crippen LogP contribution in [0.1, 0.15) is 25.3 Å². The fraction of sp³-hybridized carbons (Fsp3) is 0.417. The van der Waals surface area contributed by atoms with Crippen molar-refractivity contribution in [3.63, 3.8) is 0 Å². The first-order valence-electron chi connectivity index (χ1n) is 11.4. The van der Waals surface area contributed by atoms with Gasteiger partial charge in [-0.1, -0.05) is 11.6 Å². The predicted molar refractivity (Wildman–Crippen MR) is 135 cm³/mol. The van der Waals surface area contributed by atoms with Crippen molar-refractivity contribution in [1.29, 1.82) is 0 Å². The molecule has 194 valence electrons. The molecule has 12 heteroatoms. The third-order valence-corrected chi connectivity index (χ3v) is 8.62. The maximum absolute atomic E-state index is 13.6. The van der Waals surface area contributed by atoms with E-state index in [-0.39, 0.29) is 29.8 Å². The van der Waals surface area contributed by atoms with E-state index in [1.54, 1.807) is 26.0 Å². The number of carbonyl (C=O) groups is 2. The van der Waals surface area contributed by atoms with Crippen LogP contribution in [0, 0.1) is 12.8 Å². The molecule has 0 bridgehead atoms. The Labute approximate surface area is 214 Å². The average Bonchev–Trinajstić information content (AvgIpc) is 2.85. The molecule has 1 saturated heterocycles. The minimum absolute atomic E-state index is 0.0187. The number of amides is 2. The molecule has 0 spiro atoms. The Kier molecular flexibility index (Phi) is 7.35. The zero-order valence-electron chi connectivity index (χ0n) is 20.4. The van der Waals surface area contributed by atoms with E-state index in [9.17, 15) is 18.0 Å². The molecule has 2 aromatic rings. The Balaban J connectivity index is 1.55. The number of methoxy groups -OCH3 is 2. The number of fused-ring (bicyclic) bond motifs is 1. The second-order valence-electron chi connectivity index (χ2n) is 8.74. The quantitative estimate of drug-likeness (QED) is 0.578. The molecule has 2 unspecified atom stereocenters. The van der Waals surface area contributed by atoms with Gasteiger partial charge in [0.25, 0.3) is 5.91 Å². The van der Waals surface area contributed by atoms with Crippen molar-refractivity contribution >= 4 is 44.8 Å². The first-order valence-corrected chi connectivity index (χ1v) is 13.2. The summed E-state index contributed by atoms with van der Waals surface area (Å²) in [5, 5.41) is 5.84. The maximum Gasteiger partial charge on any atom is 0.265 e. The van der Waals surface area contributed by atoms with Gasteiger partial charge in [0, 0.05) is 25.2 Å². The number of benzene rings is 2. The summed E-state index contributed by atoms with van der Waals surface area (Å²) in [6.07, 6.45) is 0.313. The van der Waals surface area contributed by atoms with E-state index in [0.717, 1.165) is 0 Å². The summed E-state index contributed by atoms with van der Waals surface area (Å²) < 4.78 is 44.6. The fourth-order valence-electron chi connectivity index (χ4n) is 4.33. The van der Waals surface area contributed by atoms with Crippen LogP contribution in [-0.2, 0) is 19.6 Å². The summed E-state index contributed by atoms with van der Waals surface area (Å²) in [5.74, 6) is -0.141. The van der Waals surface area contributed by atoms with Crippen molar-refractivity contribution in [2.24, 2.45) is 5.92 Å². The molecule has 2 aliphatic rings. The van der Waals surface area contributed by atoms with Gasteiger partial charge in [0.2, 0.25) is 15.9 Å². The van der Waals surface area contributed by atoms with E-state index in [4.69, 9.17) is 25.8 Å². The first-order chi connectivity index (χ1) is 17.0.